The summed E-state index contributed by atoms with van der Waals surface area (Å²) >= 11 is 0. The molecule has 4 rings (SSSR count). The molecule has 0 saturated carbocycles. The van der Waals surface area contributed by atoms with Crippen LogP contribution in [-0.4, -0.2) is 93.3 Å². The summed E-state index contributed by atoms with van der Waals surface area (Å²) < 4.78 is 140. The fourth-order valence-electron chi connectivity index (χ4n) is 3.94. The number of aryl methyl sites for hydroxylation is 1. The fraction of sp³-hybridized carbons (Fsp3) is 0.143. The molecule has 0 aliphatic carbocycles. The van der Waals surface area contributed by atoms with E-state index >= 15 is 0 Å². The Morgan fingerprint density at radius 2 is 1.27 bits per heavy atom. The van der Waals surface area contributed by atoms with Gasteiger partial charge in [-0.1, -0.05) is 34.4 Å². The van der Waals surface area contributed by atoms with Crippen LogP contribution in [0.25, 0.3) is 10.8 Å². The van der Waals surface area contributed by atoms with Crippen molar-refractivity contribution in [3.8, 4) is 11.5 Å². The van der Waals surface area contributed by atoms with Gasteiger partial charge in [-0.25, -0.2) is 33.7 Å². The molecular weight excluding hydrogens is 971 g/mol. The Kier molecular flexibility index (Phi) is 30.7. The average molecular weight is 999 g/mol. The van der Waals surface area contributed by atoms with Crippen molar-refractivity contribution < 1.29 is 180 Å². The van der Waals surface area contributed by atoms with Gasteiger partial charge in [-0.15, -0.1) is 17.7 Å². The van der Waals surface area contributed by atoms with Gasteiger partial charge in [0.1, 0.15) is 11.4 Å². The van der Waals surface area contributed by atoms with Gasteiger partial charge in [0.15, 0.2) is 19.7 Å². The smallest absolute Gasteiger partial charge is 0.726 e. The molecule has 0 aliphatic heterocycles. The maximum atomic E-state index is 12.2. The van der Waals surface area contributed by atoms with Gasteiger partial charge in [-0.05, 0) is 42.8 Å². The molecule has 0 unspecified atom stereocenters. The normalized spacial score (nSPS) is 11.1. The molecule has 0 heterocycles. The summed E-state index contributed by atoms with van der Waals surface area (Å²) in [5.74, 6) is -1.32. The van der Waals surface area contributed by atoms with Gasteiger partial charge in [0.2, 0.25) is 20.8 Å². The SMILES string of the molecule is O=S(=O)([O-])O.O=S(=O)([O-])O.O=S(=O)=O.[CH2-]CS(=O)(=O)c1cccc(N=Nc2c(NC)ccc3c(O)c(N=Nc4cc(C)c(S(=O)(=O)C[CH2-])cc4O)[c-]cc23)c1.[Cu].[Na+].[Na+].[Na+]. The first-order valence-electron chi connectivity index (χ1n) is 14.0. The first-order valence-corrected chi connectivity index (χ1v) is 21.0. The zero-order valence-electron chi connectivity index (χ0n) is 31.3. The first-order chi connectivity index (χ1) is 25.1. The van der Waals surface area contributed by atoms with Crippen LogP contribution in [0.3, 0.4) is 0 Å². The molecule has 0 aliphatic rings. The molecule has 31 heteroatoms. The Hall–Kier alpha value is -1.48. The van der Waals surface area contributed by atoms with Gasteiger partial charge in [0.25, 0.3) is 0 Å². The number of azo groups is 2. The molecule has 0 amide bonds. The molecule has 1 radical (unpaired) electrons. The third kappa shape index (κ3) is 23.5. The maximum absolute atomic E-state index is 12.2. The van der Waals surface area contributed by atoms with Crippen molar-refractivity contribution >= 4 is 90.3 Å². The quantitative estimate of drug-likeness (QED) is 0.0343. The number of sulfone groups is 2. The molecule has 0 fully saturated rings. The van der Waals surface area contributed by atoms with Gasteiger partial charge in [0, 0.05) is 47.3 Å². The van der Waals surface area contributed by atoms with E-state index < -0.39 is 56.8 Å². The summed E-state index contributed by atoms with van der Waals surface area (Å²) in [4.78, 5) is 0.0263. The number of aromatic hydroxyl groups is 2. The van der Waals surface area contributed by atoms with Gasteiger partial charge in [-0.2, -0.15) is 27.5 Å². The third-order valence-electron chi connectivity index (χ3n) is 6.16. The predicted octanol–water partition coefficient (Wildman–Crippen LogP) is -5.54. The second-order valence-electron chi connectivity index (χ2n) is 9.86. The van der Waals surface area contributed by atoms with Crippen LogP contribution < -0.4 is 94.0 Å². The number of anilines is 1. The molecule has 313 valence electrons. The summed E-state index contributed by atoms with van der Waals surface area (Å²) in [7, 11) is -18.4. The molecule has 59 heavy (non-hydrogen) atoms. The number of hydrogen-bond donors (Lipinski definition) is 5. The molecule has 0 aromatic heterocycles. The van der Waals surface area contributed by atoms with Crippen LogP contribution in [0.4, 0.5) is 28.4 Å². The van der Waals surface area contributed by atoms with Gasteiger partial charge in [-0.3, -0.25) is 9.11 Å². The van der Waals surface area contributed by atoms with Gasteiger partial charge >= 0.3 is 99.3 Å². The second-order valence-corrected chi connectivity index (χ2v) is 16.2. The largest absolute Gasteiger partial charge is 1.00 e. The zero-order chi connectivity index (χ0) is 42.5. The Morgan fingerprint density at radius 1 is 0.763 bits per heavy atom. The van der Waals surface area contributed by atoms with E-state index in [-0.39, 0.29) is 144 Å². The number of phenols is 2. The summed E-state index contributed by atoms with van der Waals surface area (Å²) in [5, 5.41) is 41.7. The van der Waals surface area contributed by atoms with Crippen LogP contribution in [0, 0.1) is 26.8 Å². The van der Waals surface area contributed by atoms with Crippen LogP contribution in [0.5, 0.6) is 11.5 Å². The zero-order valence-corrected chi connectivity index (χ0v) is 42.3. The van der Waals surface area contributed by atoms with Crippen LogP contribution in [0.1, 0.15) is 5.56 Å². The number of fused-ring (bicyclic) bond motifs is 1. The minimum atomic E-state index is -4.92. The monoisotopic (exact) mass is 998 g/mol. The van der Waals surface area contributed by atoms with Crippen molar-refractivity contribution in [1.29, 1.82) is 0 Å². The number of benzene rings is 4. The van der Waals surface area contributed by atoms with Crippen molar-refractivity contribution in [2.24, 2.45) is 20.5 Å². The van der Waals surface area contributed by atoms with Crippen molar-refractivity contribution in [2.45, 2.75) is 16.7 Å². The van der Waals surface area contributed by atoms with E-state index in [0.29, 0.717) is 33.4 Å². The van der Waals surface area contributed by atoms with Crippen molar-refractivity contribution in [2.75, 3.05) is 23.9 Å². The average Bonchev–Trinajstić information content (AvgIpc) is 3.06. The van der Waals surface area contributed by atoms with E-state index in [1.807, 2.05) is 0 Å². The number of rotatable bonds is 9. The van der Waals surface area contributed by atoms with E-state index in [2.05, 4.69) is 45.7 Å². The first kappa shape index (κ1) is 64.1. The molecule has 4 aromatic carbocycles. The van der Waals surface area contributed by atoms with Crippen LogP contribution in [0.2, 0.25) is 0 Å². The molecule has 4 aromatic rings. The van der Waals surface area contributed by atoms with Crippen molar-refractivity contribution in [3.63, 3.8) is 0 Å². The summed E-state index contributed by atoms with van der Waals surface area (Å²) in [5.41, 5.74) is 1.58. The Morgan fingerprint density at radius 3 is 1.75 bits per heavy atom. The molecule has 0 bridgehead atoms. The number of nitrogens with one attached hydrogen (secondary N) is 1. The standard InChI is InChI=1S/C28H26N5O6S2.Cu.3Na.2H2O4S.O3S/c1-5-40(36,37)19-9-7-8-18(15-19)30-33-27-20-10-13-23(28(35)21(20)11-12-22(27)29-4)31-32-24-14-17(3)26(16-25(24)34)41(38,39)6-2;;;;;2*1-5(2,3)4;1-4(2)3/h7-12,14-16,29,34-35H,1-2,5-6H2,3-4H3;;;;;2*(H2,1,2,3,4);/q-3;;3*+1;;;/p-2. The second kappa shape index (κ2) is 28.3. The number of phenolic OH excluding ortho intramolecular Hbond substituents is 2. The van der Waals surface area contributed by atoms with E-state index in [4.69, 9.17) is 47.7 Å². The summed E-state index contributed by atoms with van der Waals surface area (Å²) in [6, 6.07) is 16.2. The predicted molar refractivity (Wildman–Crippen MR) is 191 cm³/mol. The molecule has 5 N–H and O–H groups in total. The summed E-state index contributed by atoms with van der Waals surface area (Å²) in [6.45, 7) is 8.43. The van der Waals surface area contributed by atoms with E-state index in [9.17, 15) is 27.0 Å². The van der Waals surface area contributed by atoms with Crippen molar-refractivity contribution in [1.82, 2.24) is 0 Å². The third-order valence-corrected chi connectivity index (χ3v) is 9.32. The van der Waals surface area contributed by atoms with Gasteiger partial charge < -0.3 is 38.5 Å². The van der Waals surface area contributed by atoms with Crippen molar-refractivity contribution in [3.05, 3.63) is 80.1 Å². The van der Waals surface area contributed by atoms with Gasteiger partial charge in [0.05, 0.1) is 21.2 Å². The minimum absolute atomic E-state index is 0. The molecule has 0 spiro atoms. The van der Waals surface area contributed by atoms with Crippen LogP contribution >= 0.6 is 0 Å². The van der Waals surface area contributed by atoms with E-state index in [1.165, 1.54) is 24.3 Å². The van der Waals surface area contributed by atoms with Crippen LogP contribution in [0.15, 0.2) is 84.8 Å². The minimum Gasteiger partial charge on any atom is -0.726 e. The summed E-state index contributed by atoms with van der Waals surface area (Å²) in [6.07, 6.45) is 0. The van der Waals surface area contributed by atoms with E-state index in [1.54, 1.807) is 38.2 Å². The molecule has 0 atom stereocenters. The fourth-order valence-corrected chi connectivity index (χ4v) is 5.82. The Bertz CT molecular complexity index is 2620. The Labute approximate surface area is 418 Å². The number of hydrogen-bond acceptors (Lipinski definition) is 20. The van der Waals surface area contributed by atoms with E-state index in [0.717, 1.165) is 6.07 Å². The molecular formula is C28H28CuN5Na3O17S5-2. The Balaban J connectivity index is -0.000000728. The maximum Gasteiger partial charge on any atom is 1.00 e. The number of nitrogens with zero attached hydrogens (tertiary/aromatic N) is 4. The molecule has 22 nitrogen and oxygen atoms in total. The molecule has 0 saturated heterocycles. The topological polar surface area (TPSA) is 376 Å². The van der Waals surface area contributed by atoms with Crippen LogP contribution in [-0.2, 0) is 68.1 Å².